The zero-order valence-electron chi connectivity index (χ0n) is 35.7. The van der Waals surface area contributed by atoms with Gasteiger partial charge in [-0.15, -0.1) is 11.8 Å². The maximum atomic E-state index is 12.7. The number of nitrogens with zero attached hydrogens (tertiary/aromatic N) is 1. The van der Waals surface area contributed by atoms with Crippen LogP contribution in [-0.4, -0.2) is 230 Å². The Hall–Kier alpha value is -2.71. The van der Waals surface area contributed by atoms with E-state index in [1.54, 1.807) is 0 Å². The molecule has 2 N–H and O–H groups in total. The molecule has 1 aliphatic rings. The van der Waals surface area contributed by atoms with Crippen LogP contribution in [0.1, 0.15) is 26.2 Å². The summed E-state index contributed by atoms with van der Waals surface area (Å²) in [6.07, 6.45) is 1.93. The van der Waals surface area contributed by atoms with Crippen LogP contribution in [0.3, 0.4) is 0 Å². The molecule has 22 heteroatoms. The third-order valence-corrected chi connectivity index (χ3v) is 9.15. The van der Waals surface area contributed by atoms with Crippen molar-refractivity contribution in [3.05, 3.63) is 0 Å². The van der Waals surface area contributed by atoms with Crippen molar-refractivity contribution in [3.8, 4) is 0 Å². The molecule has 4 amide bonds. The molecule has 0 spiro atoms. The number of hydrogen-bond acceptors (Lipinski definition) is 19. The summed E-state index contributed by atoms with van der Waals surface area (Å²) in [5, 5.41) is 4.60. The summed E-state index contributed by atoms with van der Waals surface area (Å²) in [4.78, 5) is 70.7. The molecular weight excluding hydrogens is 830 g/mol. The van der Waals surface area contributed by atoms with E-state index in [1.165, 1.54) is 6.92 Å². The van der Waals surface area contributed by atoms with E-state index < -0.39 is 29.0 Å². The SMILES string of the molecule is CC(=O)N[C@@H](CSC1CC(=O)N(CCC=O)C1=O)C(=O)NCCOCCOCCOCCOCCOCCOCCOCCOCCOCCOCCOCCOCCC=O. The minimum absolute atomic E-state index is 0.0131. The molecule has 1 saturated heterocycles. The van der Waals surface area contributed by atoms with E-state index in [1.807, 2.05) is 0 Å². The maximum Gasteiger partial charge on any atom is 0.243 e. The van der Waals surface area contributed by atoms with Gasteiger partial charge in [-0.2, -0.15) is 0 Å². The van der Waals surface area contributed by atoms with Crippen molar-refractivity contribution >= 4 is 48.0 Å². The van der Waals surface area contributed by atoms with Gasteiger partial charge in [0.1, 0.15) is 18.6 Å². The highest BCUT2D eigenvalue weighted by atomic mass is 32.2. The largest absolute Gasteiger partial charge is 0.379 e. The Morgan fingerprint density at radius 1 is 0.574 bits per heavy atom. The average Bonchev–Trinajstić information content (AvgIpc) is 3.52. The number of aldehydes is 2. The third kappa shape index (κ3) is 34.5. The van der Waals surface area contributed by atoms with Gasteiger partial charge in [0.25, 0.3) is 0 Å². The second kappa shape index (κ2) is 42.6. The van der Waals surface area contributed by atoms with Crippen molar-refractivity contribution in [2.24, 2.45) is 0 Å². The fourth-order valence-electron chi connectivity index (χ4n) is 4.86. The molecule has 0 aromatic carbocycles. The van der Waals surface area contributed by atoms with E-state index in [4.69, 9.17) is 56.8 Å². The highest BCUT2D eigenvalue weighted by molar-refractivity contribution is 8.00. The summed E-state index contributed by atoms with van der Waals surface area (Å²) in [6.45, 7) is 12.0. The molecule has 2 atom stereocenters. The van der Waals surface area contributed by atoms with Crippen LogP contribution in [0.25, 0.3) is 0 Å². The first-order valence-electron chi connectivity index (χ1n) is 20.7. The smallest absolute Gasteiger partial charge is 0.243 e. The van der Waals surface area contributed by atoms with Crippen LogP contribution in [0.2, 0.25) is 0 Å². The molecule has 0 aromatic heterocycles. The number of hydrogen-bond donors (Lipinski definition) is 2. The Morgan fingerprint density at radius 3 is 1.26 bits per heavy atom. The van der Waals surface area contributed by atoms with Gasteiger partial charge in [-0.3, -0.25) is 24.1 Å². The molecule has 1 fully saturated rings. The quantitative estimate of drug-likeness (QED) is 0.0416. The summed E-state index contributed by atoms with van der Waals surface area (Å²) in [5.41, 5.74) is 0. The van der Waals surface area contributed by atoms with Crippen LogP contribution in [0.4, 0.5) is 0 Å². The first-order valence-corrected chi connectivity index (χ1v) is 21.8. The molecule has 0 saturated carbocycles. The first kappa shape index (κ1) is 56.3. The van der Waals surface area contributed by atoms with Gasteiger partial charge in [-0.05, 0) is 0 Å². The zero-order chi connectivity index (χ0) is 44.3. The number of amides is 4. The Morgan fingerprint density at radius 2 is 0.918 bits per heavy atom. The van der Waals surface area contributed by atoms with Crippen LogP contribution in [0.15, 0.2) is 0 Å². The van der Waals surface area contributed by atoms with Crippen molar-refractivity contribution in [1.29, 1.82) is 0 Å². The monoisotopic (exact) mass is 899 g/mol. The van der Waals surface area contributed by atoms with E-state index in [-0.39, 0.29) is 44.2 Å². The lowest BCUT2D eigenvalue weighted by Crippen LogP contribution is -2.48. The van der Waals surface area contributed by atoms with Crippen LogP contribution >= 0.6 is 11.8 Å². The number of thioether (sulfide) groups is 1. The number of ether oxygens (including phenoxy) is 12. The fraction of sp³-hybridized carbons (Fsp3) is 0.846. The topological polar surface area (TPSA) is 240 Å². The zero-order valence-corrected chi connectivity index (χ0v) is 36.5. The number of nitrogens with one attached hydrogen (secondary N) is 2. The molecular formula is C39H69N3O18S. The minimum atomic E-state index is -0.896. The normalized spacial score (nSPS) is 14.4. The lowest BCUT2D eigenvalue weighted by molar-refractivity contribution is -0.138. The predicted octanol–water partition coefficient (Wildman–Crippen LogP) is -1.15. The summed E-state index contributed by atoms with van der Waals surface area (Å²) in [5.74, 6) is -1.49. The van der Waals surface area contributed by atoms with E-state index in [9.17, 15) is 28.8 Å². The number of carbonyl (C=O) groups is 6. The lowest BCUT2D eigenvalue weighted by Gasteiger charge is -2.19. The van der Waals surface area contributed by atoms with Gasteiger partial charge in [0, 0.05) is 45.0 Å². The molecule has 61 heavy (non-hydrogen) atoms. The first-order chi connectivity index (χ1) is 29.9. The van der Waals surface area contributed by atoms with Gasteiger partial charge in [-0.25, -0.2) is 0 Å². The Balaban J connectivity index is 1.79. The van der Waals surface area contributed by atoms with Crippen LogP contribution < -0.4 is 10.6 Å². The van der Waals surface area contributed by atoms with Crippen molar-refractivity contribution in [2.75, 3.05) is 177 Å². The number of imide groups is 1. The summed E-state index contributed by atoms with van der Waals surface area (Å²) < 4.78 is 65.2. The van der Waals surface area contributed by atoms with E-state index in [0.29, 0.717) is 165 Å². The lowest BCUT2D eigenvalue weighted by atomic mass is 10.3. The molecule has 1 heterocycles. The number of likely N-dealkylation sites (tertiary alicyclic amines) is 1. The van der Waals surface area contributed by atoms with Gasteiger partial charge >= 0.3 is 0 Å². The maximum absolute atomic E-state index is 12.7. The van der Waals surface area contributed by atoms with Gasteiger partial charge in [0.2, 0.25) is 23.6 Å². The molecule has 1 aliphatic heterocycles. The molecule has 0 radical (unpaired) electrons. The highest BCUT2D eigenvalue weighted by Crippen LogP contribution is 2.26. The second-order valence-corrected chi connectivity index (χ2v) is 13.9. The standard InChI is InChI=1S/C39H69N3O18S/c1-34(45)41-35(33-61-36-32-37(46)42(39(36)48)5-2-6-43)38(47)40-4-9-50-11-13-52-15-17-54-19-21-56-23-25-58-27-29-60-31-30-59-28-26-57-24-22-55-20-18-53-16-14-51-12-10-49-8-3-7-44/h6-7,35-36H,2-5,8-33H2,1H3,(H,40,47)(H,41,45)/t35-,36?/m0/s1. The fourth-order valence-corrected chi connectivity index (χ4v) is 6.05. The number of carbonyl (C=O) groups excluding carboxylic acids is 6. The molecule has 0 aromatic rings. The van der Waals surface area contributed by atoms with E-state index in [0.717, 1.165) is 22.9 Å². The van der Waals surface area contributed by atoms with E-state index in [2.05, 4.69) is 10.6 Å². The minimum Gasteiger partial charge on any atom is -0.379 e. The van der Waals surface area contributed by atoms with E-state index >= 15 is 0 Å². The van der Waals surface area contributed by atoms with Crippen molar-refractivity contribution < 1.29 is 85.6 Å². The molecule has 21 nitrogen and oxygen atoms in total. The Bertz CT molecular complexity index is 1130. The van der Waals surface area contributed by atoms with Crippen LogP contribution in [0, 0.1) is 0 Å². The van der Waals surface area contributed by atoms with Crippen LogP contribution in [-0.2, 0) is 85.6 Å². The summed E-state index contributed by atoms with van der Waals surface area (Å²) >= 11 is 1.12. The third-order valence-electron chi connectivity index (χ3n) is 7.85. The molecule has 354 valence electrons. The van der Waals surface area contributed by atoms with Gasteiger partial charge in [0.15, 0.2) is 0 Å². The van der Waals surface area contributed by atoms with Crippen LogP contribution in [0.5, 0.6) is 0 Å². The van der Waals surface area contributed by atoms with Gasteiger partial charge < -0.3 is 77.1 Å². The summed E-state index contributed by atoms with van der Waals surface area (Å²) in [7, 11) is 0. The predicted molar refractivity (Wildman–Crippen MR) is 219 cm³/mol. The second-order valence-electron chi connectivity index (χ2n) is 12.7. The molecule has 1 rings (SSSR count). The summed E-state index contributed by atoms with van der Waals surface area (Å²) in [6, 6.07) is -0.896. The molecule has 0 aliphatic carbocycles. The average molecular weight is 900 g/mol. The number of rotatable bonds is 47. The van der Waals surface area contributed by atoms with Gasteiger partial charge in [0.05, 0.1) is 164 Å². The highest BCUT2D eigenvalue weighted by Gasteiger charge is 2.39. The Kier molecular flexibility index (Phi) is 39.3. The van der Waals surface area contributed by atoms with Crippen molar-refractivity contribution in [1.82, 2.24) is 15.5 Å². The van der Waals surface area contributed by atoms with Crippen molar-refractivity contribution in [2.45, 2.75) is 37.5 Å². The molecule has 0 bridgehead atoms. The molecule has 1 unspecified atom stereocenters. The van der Waals surface area contributed by atoms with Crippen molar-refractivity contribution in [3.63, 3.8) is 0 Å². The van der Waals surface area contributed by atoms with Gasteiger partial charge in [-0.1, -0.05) is 0 Å². The Labute approximate surface area is 363 Å².